The highest BCUT2D eigenvalue weighted by atomic mass is 16.3. The van der Waals surface area contributed by atoms with E-state index >= 15 is 0 Å². The minimum absolute atomic E-state index is 0.270. The van der Waals surface area contributed by atoms with E-state index in [1.807, 2.05) is 0 Å². The molecule has 1 N–H and O–H groups in total. The van der Waals surface area contributed by atoms with Crippen LogP contribution in [0.25, 0.3) is 0 Å². The van der Waals surface area contributed by atoms with Gasteiger partial charge < -0.3 is 10.0 Å². The van der Waals surface area contributed by atoms with Crippen molar-refractivity contribution in [1.82, 2.24) is 4.90 Å². The largest absolute Gasteiger partial charge is 0.396 e. The second-order valence-corrected chi connectivity index (χ2v) is 4.72. The van der Waals surface area contributed by atoms with Gasteiger partial charge in [0.15, 0.2) is 0 Å². The van der Waals surface area contributed by atoms with E-state index in [9.17, 15) is 0 Å². The van der Waals surface area contributed by atoms with E-state index in [1.54, 1.807) is 0 Å². The topological polar surface area (TPSA) is 23.5 Å². The van der Waals surface area contributed by atoms with Crippen molar-refractivity contribution in [2.75, 3.05) is 27.2 Å². The van der Waals surface area contributed by atoms with Crippen LogP contribution in [0.3, 0.4) is 0 Å². The molecule has 2 heteroatoms. The van der Waals surface area contributed by atoms with Crippen molar-refractivity contribution in [3.63, 3.8) is 0 Å². The summed E-state index contributed by atoms with van der Waals surface area (Å²) < 4.78 is 0. The zero-order valence-corrected chi connectivity index (χ0v) is 10.6. The van der Waals surface area contributed by atoms with Gasteiger partial charge in [0.2, 0.25) is 0 Å². The van der Waals surface area contributed by atoms with Crippen LogP contribution >= 0.6 is 0 Å². The molecule has 0 radical (unpaired) electrons. The summed E-state index contributed by atoms with van der Waals surface area (Å²) in [6.45, 7) is 3.45. The number of hydrogen-bond donors (Lipinski definition) is 1. The first-order valence-corrected chi connectivity index (χ1v) is 5.95. The Bertz CT molecular complexity index is 309. The smallest absolute Gasteiger partial charge is 0.0436 e. The predicted molar refractivity (Wildman–Crippen MR) is 68.8 cm³/mol. The lowest BCUT2D eigenvalue weighted by molar-refractivity contribution is 0.266. The standard InChI is InChI=1S/C14H23NO/c1-12-5-4-6-14(11-12)13(8-10-16)7-9-15(2)3/h4-6,11,13,16H,7-10H2,1-3H3. The second-order valence-electron chi connectivity index (χ2n) is 4.72. The Kier molecular flexibility index (Phi) is 5.50. The summed E-state index contributed by atoms with van der Waals surface area (Å²) in [5, 5.41) is 9.12. The van der Waals surface area contributed by atoms with Crippen molar-refractivity contribution in [1.29, 1.82) is 0 Å². The molecule has 2 nitrogen and oxygen atoms in total. The van der Waals surface area contributed by atoms with Gasteiger partial charge in [-0.05, 0) is 51.9 Å². The third-order valence-corrected chi connectivity index (χ3v) is 2.92. The number of aliphatic hydroxyl groups excluding tert-OH is 1. The molecule has 90 valence electrons. The van der Waals surface area contributed by atoms with E-state index in [-0.39, 0.29) is 6.61 Å². The summed E-state index contributed by atoms with van der Waals surface area (Å²) in [6, 6.07) is 8.62. The molecule has 0 heterocycles. The Balaban J connectivity index is 2.68. The second kappa shape index (κ2) is 6.66. The highest BCUT2D eigenvalue weighted by Gasteiger charge is 2.11. The molecule has 1 rings (SSSR count). The summed E-state index contributed by atoms with van der Waals surface area (Å²) in [6.07, 6.45) is 1.97. The van der Waals surface area contributed by atoms with Gasteiger partial charge in [-0.2, -0.15) is 0 Å². The van der Waals surface area contributed by atoms with Crippen LogP contribution in [0, 0.1) is 6.92 Å². The monoisotopic (exact) mass is 221 g/mol. The molecular formula is C14H23NO. The van der Waals surface area contributed by atoms with E-state index in [0.29, 0.717) is 5.92 Å². The predicted octanol–water partition coefficient (Wildman–Crippen LogP) is 2.41. The van der Waals surface area contributed by atoms with Crippen molar-refractivity contribution in [3.8, 4) is 0 Å². The van der Waals surface area contributed by atoms with Crippen molar-refractivity contribution in [3.05, 3.63) is 35.4 Å². The Morgan fingerprint density at radius 2 is 2.00 bits per heavy atom. The third kappa shape index (κ3) is 4.33. The van der Waals surface area contributed by atoms with E-state index in [1.165, 1.54) is 11.1 Å². The molecule has 0 amide bonds. The lowest BCUT2D eigenvalue weighted by atomic mass is 9.91. The van der Waals surface area contributed by atoms with E-state index in [4.69, 9.17) is 5.11 Å². The average Bonchev–Trinajstić information content (AvgIpc) is 2.24. The molecule has 0 fully saturated rings. The summed E-state index contributed by atoms with van der Waals surface area (Å²) in [5.41, 5.74) is 2.65. The lowest BCUT2D eigenvalue weighted by Gasteiger charge is -2.19. The minimum atomic E-state index is 0.270. The first-order valence-electron chi connectivity index (χ1n) is 5.95. The molecule has 0 saturated carbocycles. The number of rotatable bonds is 6. The summed E-state index contributed by atoms with van der Waals surface area (Å²) in [4.78, 5) is 2.19. The normalized spacial score (nSPS) is 13.1. The third-order valence-electron chi connectivity index (χ3n) is 2.92. The van der Waals surface area contributed by atoms with Gasteiger partial charge in [-0.25, -0.2) is 0 Å². The van der Waals surface area contributed by atoms with Gasteiger partial charge in [0, 0.05) is 6.61 Å². The Labute approximate surface area is 98.9 Å². The van der Waals surface area contributed by atoms with Gasteiger partial charge in [0.05, 0.1) is 0 Å². The molecule has 16 heavy (non-hydrogen) atoms. The quantitative estimate of drug-likeness (QED) is 0.797. The maximum absolute atomic E-state index is 9.12. The summed E-state index contributed by atoms with van der Waals surface area (Å²) in [5.74, 6) is 0.479. The van der Waals surface area contributed by atoms with Crippen LogP contribution in [0.15, 0.2) is 24.3 Å². The molecule has 0 saturated heterocycles. The molecule has 0 aliphatic rings. The van der Waals surface area contributed by atoms with Crippen molar-refractivity contribution >= 4 is 0 Å². The molecule has 1 aromatic carbocycles. The highest BCUT2D eigenvalue weighted by molar-refractivity contribution is 5.25. The molecule has 1 unspecified atom stereocenters. The zero-order valence-electron chi connectivity index (χ0n) is 10.6. The highest BCUT2D eigenvalue weighted by Crippen LogP contribution is 2.24. The summed E-state index contributed by atoms with van der Waals surface area (Å²) in [7, 11) is 4.18. The number of aryl methyl sites for hydroxylation is 1. The fourth-order valence-electron chi connectivity index (χ4n) is 1.97. The maximum Gasteiger partial charge on any atom is 0.0436 e. The number of nitrogens with zero attached hydrogens (tertiary/aromatic N) is 1. The fraction of sp³-hybridized carbons (Fsp3) is 0.571. The maximum atomic E-state index is 9.12. The molecule has 0 aromatic heterocycles. The first-order chi connectivity index (χ1) is 7.63. The SMILES string of the molecule is Cc1cccc(C(CCO)CCN(C)C)c1. The van der Waals surface area contributed by atoms with Crippen molar-refractivity contribution in [2.45, 2.75) is 25.7 Å². The number of aliphatic hydroxyl groups is 1. The number of benzene rings is 1. The molecular weight excluding hydrogens is 198 g/mol. The van der Waals surface area contributed by atoms with Crippen LogP contribution in [0.1, 0.15) is 29.9 Å². The Hall–Kier alpha value is -0.860. The van der Waals surface area contributed by atoms with E-state index < -0.39 is 0 Å². The van der Waals surface area contributed by atoms with Gasteiger partial charge >= 0.3 is 0 Å². The van der Waals surface area contributed by atoms with Crippen LogP contribution in [-0.2, 0) is 0 Å². The minimum Gasteiger partial charge on any atom is -0.396 e. The van der Waals surface area contributed by atoms with E-state index in [0.717, 1.165) is 19.4 Å². The first kappa shape index (κ1) is 13.2. The molecule has 1 atom stereocenters. The average molecular weight is 221 g/mol. The van der Waals surface area contributed by atoms with Gasteiger partial charge in [-0.1, -0.05) is 29.8 Å². The molecule has 0 spiro atoms. The lowest BCUT2D eigenvalue weighted by Crippen LogP contribution is -2.16. The van der Waals surface area contributed by atoms with Crippen LogP contribution in [-0.4, -0.2) is 37.3 Å². The zero-order chi connectivity index (χ0) is 12.0. The van der Waals surface area contributed by atoms with Crippen LogP contribution in [0.2, 0.25) is 0 Å². The molecule has 0 aliphatic heterocycles. The Morgan fingerprint density at radius 1 is 1.25 bits per heavy atom. The van der Waals surface area contributed by atoms with Gasteiger partial charge in [0.25, 0.3) is 0 Å². The molecule has 0 aliphatic carbocycles. The fourth-order valence-corrected chi connectivity index (χ4v) is 1.97. The van der Waals surface area contributed by atoms with Gasteiger partial charge in [-0.3, -0.25) is 0 Å². The summed E-state index contributed by atoms with van der Waals surface area (Å²) >= 11 is 0. The van der Waals surface area contributed by atoms with Crippen LogP contribution in [0.4, 0.5) is 0 Å². The molecule has 0 bridgehead atoms. The van der Waals surface area contributed by atoms with Crippen LogP contribution in [0.5, 0.6) is 0 Å². The van der Waals surface area contributed by atoms with Crippen molar-refractivity contribution < 1.29 is 5.11 Å². The molecule has 1 aromatic rings. The van der Waals surface area contributed by atoms with Crippen molar-refractivity contribution in [2.24, 2.45) is 0 Å². The van der Waals surface area contributed by atoms with Gasteiger partial charge in [0.1, 0.15) is 0 Å². The van der Waals surface area contributed by atoms with Crippen LogP contribution < -0.4 is 0 Å². The Morgan fingerprint density at radius 3 is 2.56 bits per heavy atom. The number of hydrogen-bond acceptors (Lipinski definition) is 2. The van der Waals surface area contributed by atoms with Gasteiger partial charge in [-0.15, -0.1) is 0 Å². The van der Waals surface area contributed by atoms with E-state index in [2.05, 4.69) is 50.2 Å².